The SMILES string of the molecule is CCNS(=O)(=O)c1cccc2c(NC(=O)[C@@H](NC(=O)OCc3ccccc3)[C@H](C)CC)cccc12. The highest BCUT2D eigenvalue weighted by Crippen LogP contribution is 2.29. The van der Waals surface area contributed by atoms with Gasteiger partial charge in [0, 0.05) is 23.0 Å². The van der Waals surface area contributed by atoms with Gasteiger partial charge in [-0.1, -0.05) is 81.8 Å². The summed E-state index contributed by atoms with van der Waals surface area (Å²) < 4.78 is 33.1. The Balaban J connectivity index is 1.81. The highest BCUT2D eigenvalue weighted by molar-refractivity contribution is 7.89. The van der Waals surface area contributed by atoms with Crippen LogP contribution in [0.15, 0.2) is 71.6 Å². The molecule has 0 unspecified atom stereocenters. The number of benzene rings is 3. The van der Waals surface area contributed by atoms with E-state index in [0.29, 0.717) is 22.9 Å². The predicted octanol–water partition coefficient (Wildman–Crippen LogP) is 4.42. The number of hydrogen-bond acceptors (Lipinski definition) is 5. The molecule has 0 heterocycles. The van der Waals surface area contributed by atoms with Crippen molar-refractivity contribution in [3.8, 4) is 0 Å². The molecule has 2 amide bonds. The van der Waals surface area contributed by atoms with Gasteiger partial charge in [-0.2, -0.15) is 0 Å². The van der Waals surface area contributed by atoms with E-state index in [1.165, 1.54) is 6.07 Å². The van der Waals surface area contributed by atoms with Gasteiger partial charge in [0.15, 0.2) is 0 Å². The summed E-state index contributed by atoms with van der Waals surface area (Å²) in [4.78, 5) is 25.8. The van der Waals surface area contributed by atoms with Crippen molar-refractivity contribution >= 4 is 38.5 Å². The van der Waals surface area contributed by atoms with Crippen molar-refractivity contribution in [3.63, 3.8) is 0 Å². The summed E-state index contributed by atoms with van der Waals surface area (Å²) >= 11 is 0. The van der Waals surface area contributed by atoms with Crippen molar-refractivity contribution in [2.24, 2.45) is 5.92 Å². The smallest absolute Gasteiger partial charge is 0.408 e. The highest BCUT2D eigenvalue weighted by Gasteiger charge is 2.27. The fraction of sp³-hybridized carbons (Fsp3) is 0.308. The largest absolute Gasteiger partial charge is 0.445 e. The summed E-state index contributed by atoms with van der Waals surface area (Å²) in [5.41, 5.74) is 1.29. The summed E-state index contributed by atoms with van der Waals surface area (Å²) in [6.45, 7) is 5.86. The van der Waals surface area contributed by atoms with Crippen molar-refractivity contribution < 1.29 is 22.7 Å². The number of ether oxygens (including phenoxy) is 1. The van der Waals surface area contributed by atoms with Gasteiger partial charge in [0.05, 0.1) is 4.90 Å². The molecular formula is C26H31N3O5S. The van der Waals surface area contributed by atoms with E-state index in [1.807, 2.05) is 44.2 Å². The molecule has 3 aromatic rings. The van der Waals surface area contributed by atoms with E-state index in [2.05, 4.69) is 15.4 Å². The van der Waals surface area contributed by atoms with Crippen LogP contribution in [-0.4, -0.2) is 33.0 Å². The Labute approximate surface area is 206 Å². The molecule has 3 aromatic carbocycles. The lowest BCUT2D eigenvalue weighted by molar-refractivity contribution is -0.119. The Morgan fingerprint density at radius 2 is 1.60 bits per heavy atom. The van der Waals surface area contributed by atoms with Crippen LogP contribution in [0, 0.1) is 5.92 Å². The number of anilines is 1. The molecule has 0 spiro atoms. The Morgan fingerprint density at radius 1 is 0.914 bits per heavy atom. The molecule has 3 N–H and O–H groups in total. The molecule has 0 aliphatic rings. The standard InChI is InChI=1S/C26H31N3O5S/c1-4-18(3)24(29-26(31)34-17-19-11-7-6-8-12-19)25(30)28-22-15-9-14-21-20(22)13-10-16-23(21)35(32,33)27-5-2/h6-16,18,24,27H,4-5,17H2,1-3H3,(H,28,30)(H,29,31)/t18-,24+/m1/s1. The van der Waals surface area contributed by atoms with Crippen LogP contribution in [0.5, 0.6) is 0 Å². The van der Waals surface area contributed by atoms with Crippen LogP contribution in [0.3, 0.4) is 0 Å². The van der Waals surface area contributed by atoms with Crippen LogP contribution in [0.25, 0.3) is 10.8 Å². The van der Waals surface area contributed by atoms with Crippen LogP contribution in [0.1, 0.15) is 32.8 Å². The summed E-state index contributed by atoms with van der Waals surface area (Å²) in [5, 5.41) is 6.61. The lowest BCUT2D eigenvalue weighted by Crippen LogP contribution is -2.47. The van der Waals surface area contributed by atoms with Gasteiger partial charge in [0.1, 0.15) is 12.6 Å². The van der Waals surface area contributed by atoms with E-state index in [9.17, 15) is 18.0 Å². The number of rotatable bonds is 10. The number of alkyl carbamates (subject to hydrolysis) is 1. The fourth-order valence-electron chi connectivity index (χ4n) is 3.70. The van der Waals surface area contributed by atoms with E-state index in [-0.39, 0.29) is 24.0 Å². The number of fused-ring (bicyclic) bond motifs is 1. The predicted molar refractivity (Wildman–Crippen MR) is 136 cm³/mol. The zero-order valence-corrected chi connectivity index (χ0v) is 20.9. The molecule has 35 heavy (non-hydrogen) atoms. The second-order valence-corrected chi connectivity index (χ2v) is 9.95. The molecule has 2 atom stereocenters. The summed E-state index contributed by atoms with van der Waals surface area (Å²) in [6, 6.07) is 18.4. The van der Waals surface area contributed by atoms with Crippen LogP contribution in [0.2, 0.25) is 0 Å². The first-order valence-corrected chi connectivity index (χ1v) is 13.0. The third-order valence-electron chi connectivity index (χ3n) is 5.75. The van der Waals surface area contributed by atoms with Crippen LogP contribution in [0.4, 0.5) is 10.5 Å². The van der Waals surface area contributed by atoms with Crippen molar-refractivity contribution in [2.75, 3.05) is 11.9 Å². The summed E-state index contributed by atoms with van der Waals surface area (Å²) in [5.74, 6) is -0.581. The zero-order chi connectivity index (χ0) is 25.4. The fourth-order valence-corrected chi connectivity index (χ4v) is 4.96. The monoisotopic (exact) mass is 497 g/mol. The van der Waals surface area contributed by atoms with Crippen molar-refractivity contribution in [3.05, 3.63) is 72.3 Å². The second-order valence-electron chi connectivity index (χ2n) is 8.22. The second kappa shape index (κ2) is 11.8. The third-order valence-corrected chi connectivity index (χ3v) is 7.35. The zero-order valence-electron chi connectivity index (χ0n) is 20.1. The molecule has 0 radical (unpaired) electrons. The normalized spacial score (nSPS) is 13.1. The molecule has 0 saturated heterocycles. The first-order valence-electron chi connectivity index (χ1n) is 11.6. The van der Waals surface area contributed by atoms with Gasteiger partial charge in [-0.05, 0) is 23.6 Å². The maximum absolute atomic E-state index is 13.2. The first kappa shape index (κ1) is 26.2. The van der Waals surface area contributed by atoms with E-state index < -0.39 is 28.1 Å². The Hall–Kier alpha value is -3.43. The maximum Gasteiger partial charge on any atom is 0.408 e. The van der Waals surface area contributed by atoms with Gasteiger partial charge >= 0.3 is 6.09 Å². The van der Waals surface area contributed by atoms with E-state index in [4.69, 9.17) is 4.74 Å². The minimum atomic E-state index is -3.70. The quantitative estimate of drug-likeness (QED) is 0.384. The minimum absolute atomic E-state index is 0.0912. The van der Waals surface area contributed by atoms with Gasteiger partial charge in [-0.15, -0.1) is 0 Å². The van der Waals surface area contributed by atoms with Gasteiger partial charge < -0.3 is 15.4 Å². The van der Waals surface area contributed by atoms with Crippen molar-refractivity contribution in [1.29, 1.82) is 0 Å². The summed E-state index contributed by atoms with van der Waals surface area (Å²) in [6.07, 6.45) is -0.0382. The molecule has 8 nitrogen and oxygen atoms in total. The number of carbonyl (C=O) groups is 2. The van der Waals surface area contributed by atoms with Crippen molar-refractivity contribution in [2.45, 2.75) is 44.7 Å². The first-order chi connectivity index (χ1) is 16.8. The molecule has 9 heteroatoms. The molecule has 0 saturated carbocycles. The Bertz CT molecular complexity index is 1280. The molecule has 0 aromatic heterocycles. The highest BCUT2D eigenvalue weighted by atomic mass is 32.2. The molecule has 0 aliphatic heterocycles. The van der Waals surface area contributed by atoms with Crippen LogP contribution >= 0.6 is 0 Å². The third kappa shape index (κ3) is 6.58. The van der Waals surface area contributed by atoms with Crippen LogP contribution in [-0.2, 0) is 26.2 Å². The van der Waals surface area contributed by atoms with Crippen LogP contribution < -0.4 is 15.4 Å². The van der Waals surface area contributed by atoms with Crippen molar-refractivity contribution in [1.82, 2.24) is 10.0 Å². The van der Waals surface area contributed by atoms with Gasteiger partial charge in [-0.3, -0.25) is 4.79 Å². The van der Waals surface area contributed by atoms with Gasteiger partial charge in [0.2, 0.25) is 15.9 Å². The number of nitrogens with one attached hydrogen (secondary N) is 3. The Morgan fingerprint density at radius 3 is 2.29 bits per heavy atom. The number of amides is 2. The topological polar surface area (TPSA) is 114 Å². The van der Waals surface area contributed by atoms with Gasteiger partial charge in [-0.25, -0.2) is 17.9 Å². The Kier molecular flexibility index (Phi) is 8.84. The minimum Gasteiger partial charge on any atom is -0.445 e. The van der Waals surface area contributed by atoms with E-state index in [0.717, 1.165) is 5.56 Å². The average Bonchev–Trinajstić information content (AvgIpc) is 2.86. The number of carbonyl (C=O) groups excluding carboxylic acids is 2. The number of sulfonamides is 1. The van der Waals surface area contributed by atoms with E-state index >= 15 is 0 Å². The lowest BCUT2D eigenvalue weighted by Gasteiger charge is -2.23. The van der Waals surface area contributed by atoms with Gasteiger partial charge in [0.25, 0.3) is 0 Å². The molecular weight excluding hydrogens is 466 g/mol. The summed E-state index contributed by atoms with van der Waals surface area (Å²) in [7, 11) is -3.70. The maximum atomic E-state index is 13.2. The molecule has 0 bridgehead atoms. The number of hydrogen-bond donors (Lipinski definition) is 3. The van der Waals surface area contributed by atoms with E-state index in [1.54, 1.807) is 37.3 Å². The molecule has 3 rings (SSSR count). The lowest BCUT2D eigenvalue weighted by atomic mass is 9.98. The molecule has 0 fully saturated rings. The average molecular weight is 498 g/mol. The molecule has 0 aliphatic carbocycles. The molecule has 186 valence electrons.